The Morgan fingerprint density at radius 3 is 3.06 bits per heavy atom. The molecule has 0 fully saturated rings. The van der Waals surface area contributed by atoms with Crippen LogP contribution in [0.15, 0.2) is 23.2 Å². The van der Waals surface area contributed by atoms with Crippen molar-refractivity contribution in [1.82, 2.24) is 4.90 Å². The topological polar surface area (TPSA) is 58.7 Å². The number of halogens is 1. The molecule has 0 bridgehead atoms. The molecule has 0 saturated carbocycles. The molecule has 0 aromatic heterocycles. The molecule has 4 nitrogen and oxygen atoms in total. The van der Waals surface area contributed by atoms with Crippen molar-refractivity contribution in [1.29, 1.82) is 0 Å². The van der Waals surface area contributed by atoms with E-state index in [1.54, 1.807) is 11.0 Å². The van der Waals surface area contributed by atoms with Crippen LogP contribution in [-0.2, 0) is 12.0 Å². The van der Waals surface area contributed by atoms with Gasteiger partial charge < -0.3 is 10.6 Å². The van der Waals surface area contributed by atoms with Crippen molar-refractivity contribution in [3.05, 3.63) is 35.1 Å². The number of hydrogen-bond donors (Lipinski definition) is 1. The lowest BCUT2D eigenvalue weighted by Gasteiger charge is -2.34. The van der Waals surface area contributed by atoms with Crippen LogP contribution in [0.4, 0.5) is 9.18 Å². The Labute approximate surface area is 104 Å². The van der Waals surface area contributed by atoms with Crippen molar-refractivity contribution < 1.29 is 9.18 Å². The molecule has 2 aliphatic rings. The number of likely N-dealkylation sites (N-methyl/N-ethyl adjacent to an activating group) is 1. The summed E-state index contributed by atoms with van der Waals surface area (Å²) in [6.45, 7) is 2.44. The lowest BCUT2D eigenvalue weighted by atomic mass is 9.89. The number of nitrogens with zero attached hydrogens (tertiary/aromatic N) is 2. The number of carbonyl (C=O) groups is 1. The Bertz CT molecular complexity index is 569. The first-order valence-electron chi connectivity index (χ1n) is 6.04. The molecule has 1 aromatic carbocycles. The maximum atomic E-state index is 13.2. The second-order valence-electron chi connectivity index (χ2n) is 4.69. The summed E-state index contributed by atoms with van der Waals surface area (Å²) < 4.78 is 13.2. The van der Waals surface area contributed by atoms with E-state index in [0.717, 1.165) is 11.1 Å². The van der Waals surface area contributed by atoms with Crippen molar-refractivity contribution >= 4 is 11.9 Å². The molecule has 1 unspecified atom stereocenters. The molecule has 0 saturated heterocycles. The van der Waals surface area contributed by atoms with E-state index in [9.17, 15) is 9.18 Å². The molecular formula is C13H14FN3O. The molecule has 1 atom stereocenters. The van der Waals surface area contributed by atoms with Gasteiger partial charge in [0.1, 0.15) is 17.2 Å². The summed E-state index contributed by atoms with van der Waals surface area (Å²) >= 11 is 0. The lowest BCUT2D eigenvalue weighted by molar-refractivity contribution is 0.175. The van der Waals surface area contributed by atoms with Crippen molar-refractivity contribution in [3.8, 4) is 0 Å². The van der Waals surface area contributed by atoms with Gasteiger partial charge in [-0.1, -0.05) is 6.07 Å². The van der Waals surface area contributed by atoms with Crippen LogP contribution in [-0.4, -0.2) is 23.3 Å². The lowest BCUT2D eigenvalue weighted by Crippen LogP contribution is -2.49. The summed E-state index contributed by atoms with van der Waals surface area (Å²) in [5, 5.41) is 0. The van der Waals surface area contributed by atoms with Gasteiger partial charge in [0.15, 0.2) is 0 Å². The van der Waals surface area contributed by atoms with Crippen LogP contribution < -0.4 is 5.73 Å². The van der Waals surface area contributed by atoms with E-state index < -0.39 is 5.54 Å². The zero-order chi connectivity index (χ0) is 12.9. The molecule has 1 aliphatic carbocycles. The number of aliphatic imine (C=N–C) groups is 1. The van der Waals surface area contributed by atoms with E-state index in [-0.39, 0.29) is 11.8 Å². The standard InChI is InChI=1S/C13H14FN3O/c1-2-17-12(18)16-11(15)13(17)6-5-8-7-9(14)3-4-10(8)13/h3-4,7H,2,5-6H2,1H3,(H2,15,16,18). The minimum Gasteiger partial charge on any atom is -0.385 e. The molecule has 0 radical (unpaired) electrons. The van der Waals surface area contributed by atoms with Gasteiger partial charge in [0, 0.05) is 6.54 Å². The molecular weight excluding hydrogens is 233 g/mol. The predicted octanol–water partition coefficient (Wildman–Crippen LogP) is 1.78. The van der Waals surface area contributed by atoms with Crippen molar-refractivity contribution in [3.63, 3.8) is 0 Å². The van der Waals surface area contributed by atoms with Crippen LogP contribution in [0.3, 0.4) is 0 Å². The molecule has 2 N–H and O–H groups in total. The summed E-state index contributed by atoms with van der Waals surface area (Å²) in [4.78, 5) is 17.4. The second kappa shape index (κ2) is 3.54. The van der Waals surface area contributed by atoms with Gasteiger partial charge in [0.05, 0.1) is 0 Å². The number of amidine groups is 1. The van der Waals surface area contributed by atoms with Gasteiger partial charge in [0.25, 0.3) is 0 Å². The number of urea groups is 1. The second-order valence-corrected chi connectivity index (χ2v) is 4.69. The smallest absolute Gasteiger partial charge is 0.346 e. The Balaban J connectivity index is 2.19. The number of benzene rings is 1. The van der Waals surface area contributed by atoms with Gasteiger partial charge in [-0.15, -0.1) is 0 Å². The SMILES string of the molecule is CCN1C(=O)N=C(N)C12CCc1cc(F)ccc12. The first-order chi connectivity index (χ1) is 8.59. The monoisotopic (exact) mass is 247 g/mol. The number of aryl methyl sites for hydroxylation is 1. The molecule has 94 valence electrons. The zero-order valence-corrected chi connectivity index (χ0v) is 10.1. The summed E-state index contributed by atoms with van der Waals surface area (Å²) in [5.74, 6) is 0.0772. The van der Waals surface area contributed by atoms with Crippen molar-refractivity contribution in [2.24, 2.45) is 10.7 Å². The highest BCUT2D eigenvalue weighted by molar-refractivity contribution is 6.06. The van der Waals surface area contributed by atoms with Crippen LogP contribution >= 0.6 is 0 Å². The third kappa shape index (κ3) is 1.19. The maximum Gasteiger partial charge on any atom is 0.346 e. The van der Waals surface area contributed by atoms with E-state index in [2.05, 4.69) is 4.99 Å². The number of rotatable bonds is 1. The number of amides is 2. The van der Waals surface area contributed by atoms with Crippen molar-refractivity contribution in [2.75, 3.05) is 6.54 Å². The van der Waals surface area contributed by atoms with Gasteiger partial charge in [-0.05, 0) is 43.0 Å². The summed E-state index contributed by atoms with van der Waals surface area (Å²) in [7, 11) is 0. The third-order valence-corrected chi connectivity index (χ3v) is 3.92. The van der Waals surface area contributed by atoms with Crippen LogP contribution in [0.5, 0.6) is 0 Å². The van der Waals surface area contributed by atoms with E-state index >= 15 is 0 Å². The molecule has 2 amide bonds. The molecule has 1 heterocycles. The summed E-state index contributed by atoms with van der Waals surface area (Å²) in [5.41, 5.74) is 7.17. The normalized spacial score (nSPS) is 25.8. The average molecular weight is 247 g/mol. The fourth-order valence-electron chi connectivity index (χ4n) is 3.13. The molecule has 1 aromatic rings. The van der Waals surface area contributed by atoms with Crippen LogP contribution in [0.2, 0.25) is 0 Å². The Morgan fingerprint density at radius 1 is 1.56 bits per heavy atom. The fourth-order valence-corrected chi connectivity index (χ4v) is 3.13. The number of fused-ring (bicyclic) bond motifs is 2. The highest BCUT2D eigenvalue weighted by Crippen LogP contribution is 2.44. The van der Waals surface area contributed by atoms with E-state index in [0.29, 0.717) is 25.2 Å². The van der Waals surface area contributed by atoms with Gasteiger partial charge in [-0.2, -0.15) is 4.99 Å². The molecule has 5 heteroatoms. The minimum absolute atomic E-state index is 0.256. The Hall–Kier alpha value is -1.91. The van der Waals surface area contributed by atoms with E-state index in [1.807, 2.05) is 6.92 Å². The summed E-state index contributed by atoms with van der Waals surface area (Å²) in [6.07, 6.45) is 1.40. The average Bonchev–Trinajstić information content (AvgIpc) is 2.80. The molecule has 3 rings (SSSR count). The first-order valence-corrected chi connectivity index (χ1v) is 6.04. The molecule has 18 heavy (non-hydrogen) atoms. The number of carbonyl (C=O) groups excluding carboxylic acids is 1. The molecule has 1 aliphatic heterocycles. The van der Waals surface area contributed by atoms with Gasteiger partial charge >= 0.3 is 6.03 Å². The maximum absolute atomic E-state index is 13.2. The van der Waals surface area contributed by atoms with Crippen LogP contribution in [0.1, 0.15) is 24.5 Å². The highest BCUT2D eigenvalue weighted by Gasteiger charge is 2.52. The third-order valence-electron chi connectivity index (χ3n) is 3.92. The molecule has 1 spiro atoms. The van der Waals surface area contributed by atoms with E-state index in [1.165, 1.54) is 12.1 Å². The van der Waals surface area contributed by atoms with E-state index in [4.69, 9.17) is 5.73 Å². The Morgan fingerprint density at radius 2 is 2.33 bits per heavy atom. The number of hydrogen-bond acceptors (Lipinski definition) is 2. The van der Waals surface area contributed by atoms with Crippen LogP contribution in [0.25, 0.3) is 0 Å². The Kier molecular flexibility index (Phi) is 2.20. The minimum atomic E-state index is -0.644. The zero-order valence-electron chi connectivity index (χ0n) is 10.1. The van der Waals surface area contributed by atoms with Crippen LogP contribution in [0, 0.1) is 5.82 Å². The fraction of sp³-hybridized carbons (Fsp3) is 0.385. The predicted molar refractivity (Wildman–Crippen MR) is 65.8 cm³/mol. The first kappa shape index (κ1) is 11.2. The van der Waals surface area contributed by atoms with Gasteiger partial charge in [0.2, 0.25) is 0 Å². The quantitative estimate of drug-likeness (QED) is 0.822. The number of nitrogens with two attached hydrogens (primary N) is 1. The largest absolute Gasteiger partial charge is 0.385 e. The van der Waals surface area contributed by atoms with Gasteiger partial charge in [-0.25, -0.2) is 9.18 Å². The van der Waals surface area contributed by atoms with Gasteiger partial charge in [-0.3, -0.25) is 0 Å². The summed E-state index contributed by atoms with van der Waals surface area (Å²) in [6, 6.07) is 4.36. The highest BCUT2D eigenvalue weighted by atomic mass is 19.1. The van der Waals surface area contributed by atoms with Crippen molar-refractivity contribution in [2.45, 2.75) is 25.3 Å².